The zero-order chi connectivity index (χ0) is 33.5. The minimum absolute atomic E-state index is 0.00786. The van der Waals surface area contributed by atoms with Gasteiger partial charge in [0.25, 0.3) is 0 Å². The molecule has 0 bridgehead atoms. The van der Waals surface area contributed by atoms with Crippen LogP contribution in [0.4, 0.5) is 4.79 Å². The van der Waals surface area contributed by atoms with Crippen molar-refractivity contribution in [3.8, 4) is 5.88 Å². The van der Waals surface area contributed by atoms with Gasteiger partial charge in [-0.1, -0.05) is 19.3 Å². The van der Waals surface area contributed by atoms with Gasteiger partial charge in [-0.25, -0.2) is 24.6 Å². The van der Waals surface area contributed by atoms with E-state index in [0.29, 0.717) is 61.8 Å². The number of allylic oxidation sites excluding steroid dienone is 1. The molecule has 2 unspecified atom stereocenters. The molecule has 48 heavy (non-hydrogen) atoms. The molecule has 1 aliphatic carbocycles. The van der Waals surface area contributed by atoms with Crippen molar-refractivity contribution in [3.05, 3.63) is 45.0 Å². The van der Waals surface area contributed by atoms with Crippen LogP contribution in [0.15, 0.2) is 28.7 Å². The number of thioether (sulfide) groups is 1. The maximum Gasteiger partial charge on any atom is 0.414 e. The lowest BCUT2D eigenvalue weighted by Gasteiger charge is -2.37. The quantitative estimate of drug-likeness (QED) is 0.395. The first-order valence-corrected chi connectivity index (χ1v) is 18.9. The fraction of sp³-hybridized carbons (Fsp3) is 0.667. The molecule has 3 atom stereocenters. The van der Waals surface area contributed by atoms with E-state index in [2.05, 4.69) is 24.8 Å². The molecule has 2 fully saturated rings. The maximum absolute atomic E-state index is 13.3. The molecular weight excluding hydrogens is 657 g/mol. The summed E-state index contributed by atoms with van der Waals surface area (Å²) in [5, 5.41) is 19.7. The molecule has 2 aromatic heterocycles. The number of rotatable bonds is 8. The smallest absolute Gasteiger partial charge is 0.414 e. The Balaban J connectivity index is 0.000000189. The first-order chi connectivity index (χ1) is 23.4. The van der Waals surface area contributed by atoms with Crippen LogP contribution in [0.5, 0.6) is 5.88 Å². The Labute approximate surface area is 289 Å². The molecule has 7 rings (SSSR count). The normalized spacial score (nSPS) is 22.7. The Bertz CT molecular complexity index is 1410. The lowest BCUT2D eigenvalue weighted by Crippen LogP contribution is -2.48. The maximum atomic E-state index is 13.3. The molecule has 15 heteroatoms. The summed E-state index contributed by atoms with van der Waals surface area (Å²) >= 11 is 3.22. The standard InChI is InChI=1S/C19H23N5O5S.C14H23NO2S/c1-12-20-8-13(9-21-12)15(23-3-6-28-7-4-23)10-24(19(26)27)18(25)14-2-5-29-17-16(14)30-11-22-17;16-9-12(11-5-2-1-3-6-11)15-10-18-13-7-4-8-17-14(13)15/h8-9,11,14-15H,2-7,10H2,1H3,(H,26,27);11-12,16H,1-10H2/t;12-/m.1/s1. The number of aliphatic hydroxyl groups excluding tert-OH is 1. The van der Waals surface area contributed by atoms with Gasteiger partial charge in [0.2, 0.25) is 11.8 Å². The van der Waals surface area contributed by atoms with Gasteiger partial charge in [-0.2, -0.15) is 0 Å². The Kier molecular flexibility index (Phi) is 12.1. The molecule has 0 aromatic carbocycles. The minimum Gasteiger partial charge on any atom is -0.478 e. The molecule has 2 amide bonds. The van der Waals surface area contributed by atoms with Crippen LogP contribution in [0.1, 0.15) is 79.6 Å². The number of carbonyl (C=O) groups excluding carboxylic acids is 1. The van der Waals surface area contributed by atoms with Gasteiger partial charge in [-0.3, -0.25) is 9.69 Å². The number of aromatic nitrogens is 3. The highest BCUT2D eigenvalue weighted by molar-refractivity contribution is 8.03. The number of imide groups is 1. The number of morpholine rings is 1. The number of hydrogen-bond acceptors (Lipinski definition) is 13. The molecule has 1 saturated carbocycles. The minimum atomic E-state index is -1.27. The van der Waals surface area contributed by atoms with Crippen molar-refractivity contribution in [1.29, 1.82) is 0 Å². The van der Waals surface area contributed by atoms with Crippen molar-refractivity contribution in [1.82, 2.24) is 29.7 Å². The highest BCUT2D eigenvalue weighted by atomic mass is 32.2. The topological polar surface area (TPSA) is 151 Å². The van der Waals surface area contributed by atoms with Crippen molar-refractivity contribution in [2.75, 3.05) is 58.5 Å². The Morgan fingerprint density at radius 1 is 1.02 bits per heavy atom. The van der Waals surface area contributed by atoms with Crippen LogP contribution in [0.3, 0.4) is 0 Å². The van der Waals surface area contributed by atoms with E-state index in [-0.39, 0.29) is 25.2 Å². The molecule has 5 aliphatic rings. The average molecular weight is 703 g/mol. The van der Waals surface area contributed by atoms with E-state index in [1.165, 1.54) is 54.8 Å². The van der Waals surface area contributed by atoms with E-state index in [9.17, 15) is 19.8 Å². The number of aliphatic hydroxyl groups is 1. The molecule has 2 N–H and O–H groups in total. The van der Waals surface area contributed by atoms with Gasteiger partial charge in [0.15, 0.2) is 5.88 Å². The van der Waals surface area contributed by atoms with Crippen LogP contribution in [0, 0.1) is 12.8 Å². The van der Waals surface area contributed by atoms with Gasteiger partial charge >= 0.3 is 6.09 Å². The summed E-state index contributed by atoms with van der Waals surface area (Å²) in [6, 6.07) is -0.0706. The lowest BCUT2D eigenvalue weighted by molar-refractivity contribution is -0.132. The summed E-state index contributed by atoms with van der Waals surface area (Å²) in [6.45, 7) is 5.60. The van der Waals surface area contributed by atoms with Crippen molar-refractivity contribution < 1.29 is 34.0 Å². The van der Waals surface area contributed by atoms with Crippen LogP contribution < -0.4 is 4.74 Å². The van der Waals surface area contributed by atoms with E-state index in [0.717, 1.165) is 35.3 Å². The number of thiazole rings is 1. The van der Waals surface area contributed by atoms with E-state index in [4.69, 9.17) is 14.2 Å². The summed E-state index contributed by atoms with van der Waals surface area (Å²) in [5.74, 6) is 2.75. The molecule has 0 radical (unpaired) electrons. The molecule has 2 aromatic rings. The van der Waals surface area contributed by atoms with Gasteiger partial charge in [-0.15, -0.1) is 23.1 Å². The zero-order valence-corrected chi connectivity index (χ0v) is 29.1. The van der Waals surface area contributed by atoms with Crippen LogP contribution in [0.25, 0.3) is 0 Å². The molecular formula is C33H46N6O7S2. The van der Waals surface area contributed by atoms with Crippen LogP contribution in [-0.4, -0.2) is 116 Å². The first kappa shape index (κ1) is 34.9. The molecule has 0 spiro atoms. The number of carbonyl (C=O) groups is 2. The molecule has 1 saturated heterocycles. The summed E-state index contributed by atoms with van der Waals surface area (Å²) in [4.78, 5) is 45.5. The number of hydrogen-bond donors (Lipinski definition) is 2. The van der Waals surface area contributed by atoms with E-state index < -0.39 is 17.9 Å². The van der Waals surface area contributed by atoms with Gasteiger partial charge in [0, 0.05) is 36.0 Å². The Hall–Kier alpha value is -2.98. The van der Waals surface area contributed by atoms with Crippen LogP contribution >= 0.6 is 23.1 Å². The molecule has 6 heterocycles. The van der Waals surface area contributed by atoms with Crippen LogP contribution in [-0.2, 0) is 14.3 Å². The van der Waals surface area contributed by atoms with Gasteiger partial charge in [0.1, 0.15) is 5.82 Å². The third kappa shape index (κ3) is 8.07. The van der Waals surface area contributed by atoms with Crippen molar-refractivity contribution >= 4 is 35.1 Å². The average Bonchev–Trinajstić information content (AvgIpc) is 3.78. The Morgan fingerprint density at radius 3 is 2.52 bits per heavy atom. The predicted octanol–water partition coefficient (Wildman–Crippen LogP) is 4.60. The fourth-order valence-corrected chi connectivity index (χ4v) is 9.23. The molecule has 4 aliphatic heterocycles. The number of amides is 2. The van der Waals surface area contributed by atoms with Gasteiger partial charge < -0.3 is 29.3 Å². The second kappa shape index (κ2) is 16.6. The second-order valence-electron chi connectivity index (χ2n) is 12.7. The van der Waals surface area contributed by atoms with E-state index in [1.54, 1.807) is 24.8 Å². The summed E-state index contributed by atoms with van der Waals surface area (Å²) < 4.78 is 16.8. The second-order valence-corrected chi connectivity index (χ2v) is 14.7. The summed E-state index contributed by atoms with van der Waals surface area (Å²) in [5.41, 5.74) is 2.38. The number of carboxylic acid groups (broad SMARTS) is 1. The number of aryl methyl sites for hydroxylation is 1. The first-order valence-electron chi connectivity index (χ1n) is 17.0. The molecule has 262 valence electrons. The monoisotopic (exact) mass is 702 g/mol. The lowest BCUT2D eigenvalue weighted by atomic mass is 9.83. The third-order valence-electron chi connectivity index (χ3n) is 9.79. The van der Waals surface area contributed by atoms with Crippen LogP contribution in [0.2, 0.25) is 0 Å². The number of nitrogens with zero attached hydrogens (tertiary/aromatic N) is 6. The number of ether oxygens (including phenoxy) is 3. The highest BCUT2D eigenvalue weighted by Gasteiger charge is 2.39. The summed E-state index contributed by atoms with van der Waals surface area (Å²) in [6.07, 6.45) is 11.4. The van der Waals surface area contributed by atoms with Gasteiger partial charge in [-0.05, 0) is 44.9 Å². The van der Waals surface area contributed by atoms with E-state index in [1.807, 2.05) is 11.8 Å². The summed E-state index contributed by atoms with van der Waals surface area (Å²) in [7, 11) is 0. The molecule has 13 nitrogen and oxygen atoms in total. The SMILES string of the molecule is Cc1ncc(C(CN(C(=O)O)C(=O)C2CCOc3ncsc32)N2CCOCC2)cn1.OC[C@H](C1CCCCC1)N1CSC2=C1OCCC2. The highest BCUT2D eigenvalue weighted by Crippen LogP contribution is 2.42. The number of fused-ring (bicyclic) bond motifs is 1. The van der Waals surface area contributed by atoms with Crippen molar-refractivity contribution in [3.63, 3.8) is 0 Å². The Morgan fingerprint density at radius 2 is 1.79 bits per heavy atom. The van der Waals surface area contributed by atoms with E-state index >= 15 is 0 Å². The van der Waals surface area contributed by atoms with Crippen molar-refractivity contribution in [2.45, 2.75) is 76.3 Å². The van der Waals surface area contributed by atoms with Crippen molar-refractivity contribution in [2.24, 2.45) is 5.92 Å². The predicted molar refractivity (Wildman–Crippen MR) is 181 cm³/mol. The fourth-order valence-electron chi connectivity index (χ4n) is 7.18. The van der Waals surface area contributed by atoms with Gasteiger partial charge in [0.05, 0.1) is 73.8 Å². The largest absolute Gasteiger partial charge is 0.478 e. The zero-order valence-electron chi connectivity index (χ0n) is 27.5. The third-order valence-corrected chi connectivity index (χ3v) is 11.8.